The van der Waals surface area contributed by atoms with Gasteiger partial charge in [0.15, 0.2) is 0 Å². The van der Waals surface area contributed by atoms with Crippen LogP contribution in [0.25, 0.3) is 0 Å². The molecule has 2 atom stereocenters. The lowest BCUT2D eigenvalue weighted by molar-refractivity contribution is -0.120. The second-order valence-corrected chi connectivity index (χ2v) is 7.11. The molecule has 0 bridgehead atoms. The number of thioether (sulfide) groups is 1. The van der Waals surface area contributed by atoms with Crippen molar-refractivity contribution in [1.82, 2.24) is 5.32 Å². The van der Waals surface area contributed by atoms with Gasteiger partial charge in [-0.05, 0) is 30.9 Å². The van der Waals surface area contributed by atoms with Crippen LogP contribution < -0.4 is 5.32 Å². The monoisotopic (exact) mass is 321 g/mol. The third kappa shape index (κ3) is 4.24. The molecular formula is C17H23NO3S. The van der Waals surface area contributed by atoms with E-state index < -0.39 is 0 Å². The summed E-state index contributed by atoms with van der Waals surface area (Å²) in [6, 6.07) is 8.26. The Morgan fingerprint density at radius 3 is 3.14 bits per heavy atom. The number of amides is 1. The number of nitrogens with one attached hydrogen (secondary N) is 1. The number of ether oxygens (including phenoxy) is 2. The van der Waals surface area contributed by atoms with Crippen molar-refractivity contribution >= 4 is 17.7 Å². The Morgan fingerprint density at radius 1 is 1.41 bits per heavy atom. The number of benzene rings is 1. The average Bonchev–Trinajstić information content (AvgIpc) is 3.19. The molecule has 0 unspecified atom stereocenters. The van der Waals surface area contributed by atoms with Crippen LogP contribution >= 0.6 is 11.8 Å². The normalized spacial score (nSPS) is 23.5. The van der Waals surface area contributed by atoms with E-state index in [1.165, 1.54) is 10.5 Å². The average molecular weight is 321 g/mol. The molecule has 120 valence electrons. The summed E-state index contributed by atoms with van der Waals surface area (Å²) in [6.07, 6.45) is 2.81. The van der Waals surface area contributed by atoms with E-state index in [4.69, 9.17) is 9.47 Å². The molecule has 5 heteroatoms. The highest BCUT2D eigenvalue weighted by Gasteiger charge is 2.27. The number of carbonyl (C=O) groups excluding carboxylic acids is 1. The van der Waals surface area contributed by atoms with E-state index in [0.29, 0.717) is 19.1 Å². The van der Waals surface area contributed by atoms with Gasteiger partial charge in [0, 0.05) is 30.6 Å². The Kier molecular flexibility index (Phi) is 5.76. The molecule has 0 aliphatic carbocycles. The number of rotatable bonds is 7. The van der Waals surface area contributed by atoms with E-state index in [0.717, 1.165) is 39.1 Å². The predicted octanol–water partition coefficient (Wildman–Crippen LogP) is 2.26. The Balaban J connectivity index is 1.27. The lowest BCUT2D eigenvalue weighted by atomic mass is 10.1. The van der Waals surface area contributed by atoms with Crippen LogP contribution in [0.1, 0.15) is 18.4 Å². The largest absolute Gasteiger partial charge is 0.381 e. The summed E-state index contributed by atoms with van der Waals surface area (Å²) in [5, 5.41) is 3.05. The van der Waals surface area contributed by atoms with Crippen molar-refractivity contribution in [3.05, 3.63) is 29.8 Å². The molecule has 2 aliphatic rings. The van der Waals surface area contributed by atoms with Crippen LogP contribution in [0.3, 0.4) is 0 Å². The molecule has 2 heterocycles. The zero-order valence-corrected chi connectivity index (χ0v) is 13.6. The first-order chi connectivity index (χ1) is 10.8. The fourth-order valence-electron chi connectivity index (χ4n) is 2.79. The van der Waals surface area contributed by atoms with Crippen LogP contribution in [-0.4, -0.2) is 44.1 Å². The summed E-state index contributed by atoms with van der Waals surface area (Å²) in [5.41, 5.74) is 1.29. The minimum absolute atomic E-state index is 0.0222. The van der Waals surface area contributed by atoms with Gasteiger partial charge in [0.2, 0.25) is 5.91 Å². The molecule has 1 N–H and O–H groups in total. The van der Waals surface area contributed by atoms with E-state index in [-0.39, 0.29) is 11.2 Å². The molecule has 1 saturated heterocycles. The summed E-state index contributed by atoms with van der Waals surface area (Å²) in [5.74, 6) is 0.702. The molecule has 0 radical (unpaired) electrons. The summed E-state index contributed by atoms with van der Waals surface area (Å²) >= 11 is 1.67. The van der Waals surface area contributed by atoms with Crippen LogP contribution in [0.2, 0.25) is 0 Å². The van der Waals surface area contributed by atoms with Gasteiger partial charge < -0.3 is 14.8 Å². The quantitative estimate of drug-likeness (QED) is 0.783. The number of hydrogen-bond acceptors (Lipinski definition) is 4. The van der Waals surface area contributed by atoms with E-state index in [2.05, 4.69) is 17.4 Å². The van der Waals surface area contributed by atoms with Gasteiger partial charge >= 0.3 is 0 Å². The van der Waals surface area contributed by atoms with Gasteiger partial charge in [0.25, 0.3) is 0 Å². The van der Waals surface area contributed by atoms with E-state index in [9.17, 15) is 4.79 Å². The fraction of sp³-hybridized carbons (Fsp3) is 0.588. The van der Waals surface area contributed by atoms with Crippen LogP contribution in [0.5, 0.6) is 0 Å². The van der Waals surface area contributed by atoms with Crippen LogP contribution in [-0.2, 0) is 20.7 Å². The van der Waals surface area contributed by atoms with Gasteiger partial charge in [-0.3, -0.25) is 4.79 Å². The maximum Gasteiger partial charge on any atom is 0.233 e. The van der Waals surface area contributed by atoms with E-state index >= 15 is 0 Å². The number of carbonyl (C=O) groups is 1. The standard InChI is InChI=1S/C17H23NO3S/c19-17(16-10-14-4-1-2-5-15(14)22-16)18-7-3-8-20-11-13-6-9-21-12-13/h1-2,4-5,13,16H,3,6-12H2,(H,18,19)/t13-,16-/m0/s1. The molecule has 1 amide bonds. The first kappa shape index (κ1) is 15.8. The van der Waals surface area contributed by atoms with E-state index in [1.54, 1.807) is 11.8 Å². The lowest BCUT2D eigenvalue weighted by Crippen LogP contribution is -2.33. The lowest BCUT2D eigenvalue weighted by Gasteiger charge is -2.11. The third-order valence-corrected chi connectivity index (χ3v) is 5.40. The number of fused-ring (bicyclic) bond motifs is 1. The maximum atomic E-state index is 12.2. The molecule has 4 nitrogen and oxygen atoms in total. The molecule has 0 spiro atoms. The second-order valence-electron chi connectivity index (χ2n) is 5.87. The van der Waals surface area contributed by atoms with Crippen molar-refractivity contribution in [2.24, 2.45) is 5.92 Å². The van der Waals surface area contributed by atoms with Gasteiger partial charge in [0.05, 0.1) is 18.5 Å². The molecule has 1 aromatic rings. The fourth-order valence-corrected chi connectivity index (χ4v) is 4.01. The first-order valence-corrected chi connectivity index (χ1v) is 8.88. The van der Waals surface area contributed by atoms with Gasteiger partial charge in [-0.15, -0.1) is 11.8 Å². The zero-order valence-electron chi connectivity index (χ0n) is 12.8. The van der Waals surface area contributed by atoms with Crippen molar-refractivity contribution in [2.75, 3.05) is 33.0 Å². The minimum atomic E-state index is 0.0222. The van der Waals surface area contributed by atoms with Crippen LogP contribution in [0.15, 0.2) is 29.2 Å². The Bertz CT molecular complexity index is 477. The SMILES string of the molecule is O=C(NCCCOC[C@@H]1CCOC1)[C@@H]1Cc2ccccc2S1. The Morgan fingerprint density at radius 2 is 2.32 bits per heavy atom. The van der Waals surface area contributed by atoms with Crippen LogP contribution in [0, 0.1) is 5.92 Å². The molecule has 0 aromatic heterocycles. The summed E-state index contributed by atoms with van der Waals surface area (Å²) in [4.78, 5) is 13.4. The highest BCUT2D eigenvalue weighted by Crippen LogP contribution is 2.36. The highest BCUT2D eigenvalue weighted by molar-refractivity contribution is 8.01. The molecule has 1 aromatic carbocycles. The van der Waals surface area contributed by atoms with Crippen molar-refractivity contribution in [3.8, 4) is 0 Å². The smallest absolute Gasteiger partial charge is 0.233 e. The van der Waals surface area contributed by atoms with Gasteiger partial charge in [-0.1, -0.05) is 18.2 Å². The Labute approximate surface area is 135 Å². The van der Waals surface area contributed by atoms with Crippen molar-refractivity contribution in [1.29, 1.82) is 0 Å². The van der Waals surface area contributed by atoms with Gasteiger partial charge in [-0.2, -0.15) is 0 Å². The summed E-state index contributed by atoms with van der Waals surface area (Å²) in [6.45, 7) is 3.87. The van der Waals surface area contributed by atoms with Gasteiger partial charge in [0.1, 0.15) is 0 Å². The predicted molar refractivity (Wildman–Crippen MR) is 87.2 cm³/mol. The molecule has 22 heavy (non-hydrogen) atoms. The molecule has 2 aliphatic heterocycles. The maximum absolute atomic E-state index is 12.2. The molecule has 3 rings (SSSR count). The Hall–Kier alpha value is -1.04. The summed E-state index contributed by atoms with van der Waals surface area (Å²) in [7, 11) is 0. The van der Waals surface area contributed by atoms with Gasteiger partial charge in [-0.25, -0.2) is 0 Å². The second kappa shape index (κ2) is 7.99. The van der Waals surface area contributed by atoms with Crippen LogP contribution in [0.4, 0.5) is 0 Å². The molecular weight excluding hydrogens is 298 g/mol. The van der Waals surface area contributed by atoms with Crippen molar-refractivity contribution < 1.29 is 14.3 Å². The summed E-state index contributed by atoms with van der Waals surface area (Å²) < 4.78 is 11.0. The topological polar surface area (TPSA) is 47.6 Å². The zero-order chi connectivity index (χ0) is 15.2. The molecule has 1 fully saturated rings. The highest BCUT2D eigenvalue weighted by atomic mass is 32.2. The number of hydrogen-bond donors (Lipinski definition) is 1. The van der Waals surface area contributed by atoms with Crippen molar-refractivity contribution in [3.63, 3.8) is 0 Å². The third-order valence-electron chi connectivity index (χ3n) is 4.08. The van der Waals surface area contributed by atoms with Crippen molar-refractivity contribution in [2.45, 2.75) is 29.4 Å². The molecule has 0 saturated carbocycles. The van der Waals surface area contributed by atoms with E-state index in [1.807, 2.05) is 12.1 Å². The first-order valence-electron chi connectivity index (χ1n) is 8.00. The minimum Gasteiger partial charge on any atom is -0.381 e.